The number of benzene rings is 1. The predicted molar refractivity (Wildman–Crippen MR) is 118 cm³/mol. The van der Waals surface area contributed by atoms with Crippen LogP contribution in [0.5, 0.6) is 11.5 Å². The van der Waals surface area contributed by atoms with Gasteiger partial charge in [-0.3, -0.25) is 4.79 Å². The molecule has 1 aromatic rings. The van der Waals surface area contributed by atoms with Crippen molar-refractivity contribution < 1.29 is 27.4 Å². The lowest BCUT2D eigenvalue weighted by Crippen LogP contribution is -2.32. The maximum atomic E-state index is 15.2. The summed E-state index contributed by atoms with van der Waals surface area (Å²) in [5, 5.41) is 13.7. The van der Waals surface area contributed by atoms with Gasteiger partial charge < -0.3 is 15.2 Å². The Morgan fingerprint density at radius 2 is 2.16 bits per heavy atom. The zero-order valence-corrected chi connectivity index (χ0v) is 19.4. The van der Waals surface area contributed by atoms with Crippen LogP contribution in [0.25, 0.3) is 0 Å². The van der Waals surface area contributed by atoms with Gasteiger partial charge in [-0.15, -0.1) is 0 Å². The van der Waals surface area contributed by atoms with Crippen molar-refractivity contribution in [2.45, 2.75) is 59.0 Å². The monoisotopic (exact) mass is 467 g/mol. The first kappa shape index (κ1) is 22.8. The van der Waals surface area contributed by atoms with Crippen molar-refractivity contribution in [1.29, 1.82) is 0 Å². The van der Waals surface area contributed by atoms with Gasteiger partial charge in [-0.05, 0) is 44.6 Å². The van der Waals surface area contributed by atoms with Gasteiger partial charge in [0, 0.05) is 24.6 Å². The van der Waals surface area contributed by atoms with Crippen molar-refractivity contribution in [2.24, 2.45) is 5.41 Å². The summed E-state index contributed by atoms with van der Waals surface area (Å²) >= 11 is 0. The van der Waals surface area contributed by atoms with E-state index in [1.54, 1.807) is 4.72 Å². The number of allylic oxidation sites excluding steroid dienone is 1. The molecule has 0 saturated carbocycles. The molecular formula is C22H30FN3O5S. The molecule has 32 heavy (non-hydrogen) atoms. The fourth-order valence-electron chi connectivity index (χ4n) is 5.09. The molecule has 10 heteroatoms. The number of carbonyl (C=O) groups excluding carboxylic acids is 1. The maximum Gasteiger partial charge on any atom is 0.326 e. The smallest absolute Gasteiger partial charge is 0.326 e. The minimum atomic E-state index is -4.23. The average Bonchev–Trinajstić information content (AvgIpc) is 3.19. The molecule has 3 N–H and O–H groups in total. The van der Waals surface area contributed by atoms with Crippen molar-refractivity contribution in [3.63, 3.8) is 0 Å². The number of rotatable bonds is 6. The van der Waals surface area contributed by atoms with E-state index in [-0.39, 0.29) is 29.3 Å². The Kier molecular flexibility index (Phi) is 5.87. The molecule has 3 aliphatic rings. The van der Waals surface area contributed by atoms with E-state index in [9.17, 15) is 18.3 Å². The Morgan fingerprint density at radius 3 is 2.81 bits per heavy atom. The second-order valence-electron chi connectivity index (χ2n) is 9.47. The fraction of sp³-hybridized carbons (Fsp3) is 0.591. The predicted octanol–water partition coefficient (Wildman–Crippen LogP) is 2.52. The number of hydrogen-bond acceptors (Lipinski definition) is 6. The van der Waals surface area contributed by atoms with Crippen LogP contribution in [0.15, 0.2) is 17.2 Å². The zero-order chi connectivity index (χ0) is 23.3. The summed E-state index contributed by atoms with van der Waals surface area (Å²) in [6, 6.07) is 1.21. The van der Waals surface area contributed by atoms with E-state index in [4.69, 9.17) is 4.74 Å². The number of aromatic hydroxyl groups is 1. The zero-order valence-electron chi connectivity index (χ0n) is 18.6. The third-order valence-electron chi connectivity index (χ3n) is 6.69. The molecule has 4 rings (SSSR count). The second kappa shape index (κ2) is 8.22. The van der Waals surface area contributed by atoms with Crippen LogP contribution in [0.3, 0.4) is 0 Å². The molecule has 2 heterocycles. The second-order valence-corrected chi connectivity index (χ2v) is 11.1. The highest BCUT2D eigenvalue weighted by molar-refractivity contribution is 7.92. The molecule has 1 fully saturated rings. The SMILES string of the molecule is CC1=C(CCNC[C@H]2Cc3c(cc(O)c(N4CC(=O)NS4(=O)=O)c3F)O2)C(C)(C)CCC1. The Labute approximate surface area is 188 Å². The lowest BCUT2D eigenvalue weighted by molar-refractivity contribution is -0.117. The number of hydrogen-bond donors (Lipinski definition) is 3. The van der Waals surface area contributed by atoms with Gasteiger partial charge in [-0.25, -0.2) is 13.4 Å². The number of fused-ring (bicyclic) bond motifs is 1. The molecule has 0 aromatic heterocycles. The van der Waals surface area contributed by atoms with Gasteiger partial charge in [0.05, 0.1) is 0 Å². The van der Waals surface area contributed by atoms with Crippen LogP contribution < -0.4 is 19.1 Å². The van der Waals surface area contributed by atoms with Crippen molar-refractivity contribution in [2.75, 3.05) is 23.9 Å². The molecule has 1 aromatic carbocycles. The average molecular weight is 468 g/mol. The van der Waals surface area contributed by atoms with Crippen molar-refractivity contribution >= 4 is 21.8 Å². The molecule has 1 saturated heterocycles. The summed E-state index contributed by atoms with van der Waals surface area (Å²) in [7, 11) is -4.23. The van der Waals surface area contributed by atoms with E-state index < -0.39 is 39.9 Å². The summed E-state index contributed by atoms with van der Waals surface area (Å²) in [6.07, 6.45) is 4.43. The summed E-state index contributed by atoms with van der Waals surface area (Å²) in [6.45, 7) is 7.49. The molecular weight excluding hydrogens is 437 g/mol. The third kappa shape index (κ3) is 4.17. The first-order valence-electron chi connectivity index (χ1n) is 10.9. The fourth-order valence-corrected chi connectivity index (χ4v) is 6.25. The first-order chi connectivity index (χ1) is 15.0. The first-order valence-corrected chi connectivity index (χ1v) is 12.4. The lowest BCUT2D eigenvalue weighted by Gasteiger charge is -2.34. The Hall–Kier alpha value is -2.33. The number of nitrogens with zero attached hydrogens (tertiary/aromatic N) is 1. The molecule has 1 aliphatic carbocycles. The number of carbonyl (C=O) groups is 1. The molecule has 176 valence electrons. The van der Waals surface area contributed by atoms with Gasteiger partial charge in [-0.2, -0.15) is 8.42 Å². The Balaban J connectivity index is 1.40. The summed E-state index contributed by atoms with van der Waals surface area (Å²) in [5.74, 6) is -2.06. The van der Waals surface area contributed by atoms with Crippen molar-refractivity contribution in [3.05, 3.63) is 28.6 Å². The van der Waals surface area contributed by atoms with Gasteiger partial charge in [0.2, 0.25) is 0 Å². The van der Waals surface area contributed by atoms with Gasteiger partial charge in [-0.1, -0.05) is 25.0 Å². The van der Waals surface area contributed by atoms with Gasteiger partial charge >= 0.3 is 10.2 Å². The highest BCUT2D eigenvalue weighted by atomic mass is 32.2. The molecule has 8 nitrogen and oxygen atoms in total. The summed E-state index contributed by atoms with van der Waals surface area (Å²) in [5.41, 5.74) is 2.87. The largest absolute Gasteiger partial charge is 0.505 e. The van der Waals surface area contributed by atoms with Crippen LogP contribution in [0.2, 0.25) is 0 Å². The van der Waals surface area contributed by atoms with Crippen LogP contribution >= 0.6 is 0 Å². The molecule has 0 radical (unpaired) electrons. The quantitative estimate of drug-likeness (QED) is 0.438. The van der Waals surface area contributed by atoms with Gasteiger partial charge in [0.1, 0.15) is 29.8 Å². The Bertz CT molecular complexity index is 1080. The van der Waals surface area contributed by atoms with E-state index in [0.29, 0.717) is 10.8 Å². The van der Waals surface area contributed by atoms with Gasteiger partial charge in [0.15, 0.2) is 5.82 Å². The minimum absolute atomic E-state index is 0.193. The van der Waals surface area contributed by atoms with Crippen LogP contribution in [0, 0.1) is 11.2 Å². The standard InChI is InChI=1S/C22H30FN3O5S/c1-13-5-4-7-22(2,3)16(13)6-8-24-11-14-9-15-18(31-14)10-17(27)21(20(15)23)26-12-19(28)25-32(26,29)30/h10,14,24,27H,4-9,11-12H2,1-3H3,(H,25,28)/t14-/m1/s1. The van der Waals surface area contributed by atoms with Crippen LogP contribution in [0.1, 0.15) is 52.0 Å². The lowest BCUT2D eigenvalue weighted by atomic mass is 9.71. The highest BCUT2D eigenvalue weighted by Gasteiger charge is 2.40. The van der Waals surface area contributed by atoms with Crippen LogP contribution in [-0.2, 0) is 21.4 Å². The molecule has 0 spiro atoms. The molecule has 2 aliphatic heterocycles. The summed E-state index contributed by atoms with van der Waals surface area (Å²) in [4.78, 5) is 11.5. The third-order valence-corrected chi connectivity index (χ3v) is 8.06. The number of phenols is 1. The van der Waals surface area contributed by atoms with E-state index >= 15 is 4.39 Å². The van der Waals surface area contributed by atoms with E-state index in [1.165, 1.54) is 30.1 Å². The van der Waals surface area contributed by atoms with Crippen molar-refractivity contribution in [1.82, 2.24) is 10.0 Å². The highest BCUT2D eigenvalue weighted by Crippen LogP contribution is 2.44. The number of amides is 1. The normalized spacial score (nSPS) is 23.8. The maximum absolute atomic E-state index is 15.2. The number of halogens is 1. The molecule has 1 atom stereocenters. The van der Waals surface area contributed by atoms with Crippen molar-refractivity contribution in [3.8, 4) is 11.5 Å². The van der Waals surface area contributed by atoms with Crippen LogP contribution in [-0.4, -0.2) is 45.2 Å². The molecule has 1 amide bonds. The number of phenolic OH excluding ortho intramolecular Hbond substituents is 1. The van der Waals surface area contributed by atoms with E-state index in [0.717, 1.165) is 19.4 Å². The number of anilines is 1. The number of ether oxygens (including phenoxy) is 1. The topological polar surface area (TPSA) is 108 Å². The molecule has 0 unspecified atom stereocenters. The Morgan fingerprint density at radius 1 is 1.41 bits per heavy atom. The number of nitrogens with one attached hydrogen (secondary N) is 2. The summed E-state index contributed by atoms with van der Waals surface area (Å²) < 4.78 is 47.5. The molecule has 0 bridgehead atoms. The van der Waals surface area contributed by atoms with E-state index in [1.807, 2.05) is 0 Å². The van der Waals surface area contributed by atoms with Gasteiger partial charge in [0.25, 0.3) is 5.91 Å². The minimum Gasteiger partial charge on any atom is -0.505 e. The van der Waals surface area contributed by atoms with E-state index in [2.05, 4.69) is 26.1 Å². The van der Waals surface area contributed by atoms with Crippen LogP contribution in [0.4, 0.5) is 10.1 Å².